The van der Waals surface area contributed by atoms with Crippen molar-refractivity contribution in [2.45, 2.75) is 6.42 Å². The molecule has 0 bridgehead atoms. The van der Waals surface area contributed by atoms with E-state index in [0.717, 1.165) is 22.7 Å². The first-order valence-corrected chi connectivity index (χ1v) is 6.49. The van der Waals surface area contributed by atoms with Crippen molar-refractivity contribution in [2.24, 2.45) is 4.99 Å². The van der Waals surface area contributed by atoms with Gasteiger partial charge in [-0.25, -0.2) is 0 Å². The average molecular weight is 300 g/mol. The summed E-state index contributed by atoms with van der Waals surface area (Å²) in [5, 5.41) is 6.20. The Balaban J connectivity index is 2.26. The van der Waals surface area contributed by atoms with E-state index in [4.69, 9.17) is 6.42 Å². The van der Waals surface area contributed by atoms with Crippen molar-refractivity contribution in [3.05, 3.63) is 20.8 Å². The number of nitrogens with zero attached hydrogens (tertiary/aromatic N) is 1. The molecule has 0 aromatic carbocycles. The number of rotatable bonds is 4. The predicted molar refractivity (Wildman–Crippen MR) is 73.9 cm³/mol. The smallest absolute Gasteiger partial charge is 0.191 e. The van der Waals surface area contributed by atoms with E-state index in [9.17, 15) is 0 Å². The summed E-state index contributed by atoms with van der Waals surface area (Å²) in [5.74, 6) is 3.25. The second-order valence-corrected chi connectivity index (χ2v) is 5.56. The zero-order valence-corrected chi connectivity index (χ0v) is 11.5. The lowest BCUT2D eigenvalue weighted by atomic mass is 10.3. The van der Waals surface area contributed by atoms with Crippen LogP contribution in [0.2, 0.25) is 0 Å². The summed E-state index contributed by atoms with van der Waals surface area (Å²) in [5.41, 5.74) is 0. The number of hydrogen-bond donors (Lipinski definition) is 2. The summed E-state index contributed by atoms with van der Waals surface area (Å²) in [6.45, 7) is 1.33. The van der Waals surface area contributed by atoms with Crippen molar-refractivity contribution in [1.82, 2.24) is 10.6 Å². The first-order chi connectivity index (χ1) is 7.76. The van der Waals surface area contributed by atoms with Gasteiger partial charge >= 0.3 is 0 Å². The lowest BCUT2D eigenvalue weighted by Gasteiger charge is -2.08. The highest BCUT2D eigenvalue weighted by Gasteiger charge is 1.99. The standard InChI is InChI=1S/C11H14BrN3S/c1-3-7-14-11(13-2)15-8-6-9-4-5-10(12)16-9/h1,4-5H,6-8H2,2H3,(H2,13,14,15). The summed E-state index contributed by atoms with van der Waals surface area (Å²) in [4.78, 5) is 5.39. The van der Waals surface area contributed by atoms with Crippen LogP contribution in [-0.2, 0) is 6.42 Å². The fourth-order valence-electron chi connectivity index (χ4n) is 1.15. The molecule has 0 aliphatic heterocycles. The highest BCUT2D eigenvalue weighted by molar-refractivity contribution is 9.11. The SMILES string of the molecule is C#CCNC(=NC)NCCc1ccc(Br)s1. The van der Waals surface area contributed by atoms with Gasteiger partial charge in [0.25, 0.3) is 0 Å². The quantitative estimate of drug-likeness (QED) is 0.506. The average Bonchev–Trinajstić information content (AvgIpc) is 2.69. The van der Waals surface area contributed by atoms with Crippen LogP contribution in [0.1, 0.15) is 4.88 Å². The van der Waals surface area contributed by atoms with Crippen molar-refractivity contribution in [1.29, 1.82) is 0 Å². The molecule has 0 radical (unpaired) electrons. The summed E-state index contributed by atoms with van der Waals surface area (Å²) >= 11 is 5.19. The highest BCUT2D eigenvalue weighted by Crippen LogP contribution is 2.21. The monoisotopic (exact) mass is 299 g/mol. The number of guanidine groups is 1. The molecular weight excluding hydrogens is 286 g/mol. The van der Waals surface area contributed by atoms with Gasteiger partial charge in [0.05, 0.1) is 10.3 Å². The molecule has 5 heteroatoms. The maximum absolute atomic E-state index is 5.16. The van der Waals surface area contributed by atoms with Crippen LogP contribution in [0.25, 0.3) is 0 Å². The topological polar surface area (TPSA) is 36.4 Å². The summed E-state index contributed by atoms with van der Waals surface area (Å²) in [7, 11) is 1.73. The van der Waals surface area contributed by atoms with Gasteiger partial charge in [-0.3, -0.25) is 4.99 Å². The Morgan fingerprint density at radius 1 is 1.56 bits per heavy atom. The minimum Gasteiger partial charge on any atom is -0.356 e. The highest BCUT2D eigenvalue weighted by atomic mass is 79.9. The van der Waals surface area contributed by atoms with E-state index >= 15 is 0 Å². The Labute approximate surface area is 108 Å². The molecule has 0 aliphatic carbocycles. The van der Waals surface area contributed by atoms with Gasteiger partial charge in [-0.15, -0.1) is 17.8 Å². The molecular formula is C11H14BrN3S. The van der Waals surface area contributed by atoms with Crippen molar-refractivity contribution in [3.8, 4) is 12.3 Å². The zero-order chi connectivity index (χ0) is 11.8. The van der Waals surface area contributed by atoms with Crippen LogP contribution < -0.4 is 10.6 Å². The summed E-state index contributed by atoms with van der Waals surface area (Å²) in [6, 6.07) is 4.18. The third kappa shape index (κ3) is 4.69. The Morgan fingerprint density at radius 3 is 2.94 bits per heavy atom. The zero-order valence-electron chi connectivity index (χ0n) is 9.09. The maximum atomic E-state index is 5.16. The molecule has 2 N–H and O–H groups in total. The van der Waals surface area contributed by atoms with Gasteiger partial charge in [0.15, 0.2) is 5.96 Å². The van der Waals surface area contributed by atoms with Gasteiger partial charge in [-0.2, -0.15) is 0 Å². The molecule has 0 saturated carbocycles. The van der Waals surface area contributed by atoms with E-state index in [2.05, 4.69) is 49.6 Å². The Morgan fingerprint density at radius 2 is 2.38 bits per heavy atom. The molecule has 0 atom stereocenters. The largest absolute Gasteiger partial charge is 0.356 e. The number of aliphatic imine (C=N–C) groups is 1. The fraction of sp³-hybridized carbons (Fsp3) is 0.364. The number of nitrogens with one attached hydrogen (secondary N) is 2. The van der Waals surface area contributed by atoms with E-state index in [1.54, 1.807) is 18.4 Å². The second kappa shape index (κ2) is 7.31. The molecule has 0 unspecified atom stereocenters. The van der Waals surface area contributed by atoms with Gasteiger partial charge in [-0.05, 0) is 34.5 Å². The maximum Gasteiger partial charge on any atom is 0.191 e. The van der Waals surface area contributed by atoms with Crippen molar-refractivity contribution < 1.29 is 0 Å². The summed E-state index contributed by atoms with van der Waals surface area (Å²) < 4.78 is 1.16. The second-order valence-electron chi connectivity index (χ2n) is 3.01. The molecule has 3 nitrogen and oxygen atoms in total. The third-order valence-electron chi connectivity index (χ3n) is 1.87. The lowest BCUT2D eigenvalue weighted by Crippen LogP contribution is -2.38. The van der Waals surface area contributed by atoms with Crippen LogP contribution in [0.5, 0.6) is 0 Å². The molecule has 0 amide bonds. The van der Waals surface area contributed by atoms with Crippen molar-refractivity contribution in [3.63, 3.8) is 0 Å². The molecule has 0 fully saturated rings. The van der Waals surface area contributed by atoms with Gasteiger partial charge in [0.2, 0.25) is 0 Å². The third-order valence-corrected chi connectivity index (χ3v) is 3.56. The molecule has 86 valence electrons. The molecule has 0 aliphatic rings. The summed E-state index contributed by atoms with van der Waals surface area (Å²) in [6.07, 6.45) is 6.13. The van der Waals surface area contributed by atoms with E-state index in [0.29, 0.717) is 6.54 Å². The minimum atomic E-state index is 0.490. The molecule has 1 heterocycles. The molecule has 1 aromatic rings. The lowest BCUT2D eigenvalue weighted by molar-refractivity contribution is 0.832. The number of halogens is 1. The first kappa shape index (κ1) is 13.1. The number of terminal acetylenes is 1. The molecule has 0 saturated heterocycles. The van der Waals surface area contributed by atoms with Crippen LogP contribution >= 0.6 is 27.3 Å². The minimum absolute atomic E-state index is 0.490. The van der Waals surface area contributed by atoms with Gasteiger partial charge in [-0.1, -0.05) is 5.92 Å². The molecule has 1 rings (SSSR count). The first-order valence-electron chi connectivity index (χ1n) is 4.88. The molecule has 0 spiro atoms. The fourth-order valence-corrected chi connectivity index (χ4v) is 2.63. The Kier molecular flexibility index (Phi) is 5.98. The number of thiophene rings is 1. The molecule has 16 heavy (non-hydrogen) atoms. The predicted octanol–water partition coefficient (Wildman–Crippen LogP) is 1.85. The van der Waals surface area contributed by atoms with Crippen LogP contribution in [0.3, 0.4) is 0 Å². The van der Waals surface area contributed by atoms with E-state index in [-0.39, 0.29) is 0 Å². The Hall–Kier alpha value is -0.990. The van der Waals surface area contributed by atoms with Gasteiger partial charge in [0, 0.05) is 18.5 Å². The van der Waals surface area contributed by atoms with E-state index < -0.39 is 0 Å². The van der Waals surface area contributed by atoms with Crippen LogP contribution in [0.15, 0.2) is 20.9 Å². The van der Waals surface area contributed by atoms with E-state index in [1.807, 2.05) is 0 Å². The van der Waals surface area contributed by atoms with Crippen LogP contribution in [0, 0.1) is 12.3 Å². The normalized spacial score (nSPS) is 10.9. The number of hydrogen-bond acceptors (Lipinski definition) is 2. The van der Waals surface area contributed by atoms with Crippen LogP contribution in [-0.4, -0.2) is 26.1 Å². The van der Waals surface area contributed by atoms with E-state index in [1.165, 1.54) is 4.88 Å². The molecule has 1 aromatic heterocycles. The van der Waals surface area contributed by atoms with Gasteiger partial charge < -0.3 is 10.6 Å². The van der Waals surface area contributed by atoms with Crippen molar-refractivity contribution >= 4 is 33.2 Å². The van der Waals surface area contributed by atoms with Crippen molar-refractivity contribution in [2.75, 3.05) is 20.1 Å². The Bertz CT molecular complexity index is 392. The van der Waals surface area contributed by atoms with Crippen LogP contribution in [0.4, 0.5) is 0 Å². The van der Waals surface area contributed by atoms with Gasteiger partial charge in [0.1, 0.15) is 0 Å².